The third-order valence-corrected chi connectivity index (χ3v) is 3.95. The van der Waals surface area contributed by atoms with Gasteiger partial charge in [-0.05, 0) is 24.3 Å². The van der Waals surface area contributed by atoms with Gasteiger partial charge < -0.3 is 10.1 Å². The van der Waals surface area contributed by atoms with Gasteiger partial charge >= 0.3 is 6.18 Å². The summed E-state index contributed by atoms with van der Waals surface area (Å²) in [6, 6.07) is 7.04. The van der Waals surface area contributed by atoms with Crippen molar-refractivity contribution in [2.45, 2.75) is 11.2 Å². The Hall–Kier alpha value is -2.62. The number of sulfone groups is 1. The summed E-state index contributed by atoms with van der Waals surface area (Å²) >= 11 is 0. The number of halogens is 3. The molecule has 0 aliphatic carbocycles. The first-order chi connectivity index (χ1) is 11.6. The quantitative estimate of drug-likeness (QED) is 0.869. The predicted octanol–water partition coefficient (Wildman–Crippen LogP) is 2.52. The summed E-state index contributed by atoms with van der Waals surface area (Å²) in [5.74, 6) is -1.18. The number of carbonyl (C=O) groups is 1. The van der Waals surface area contributed by atoms with Crippen molar-refractivity contribution < 1.29 is 31.1 Å². The number of nitrogens with zero attached hydrogens (tertiary/aromatic N) is 1. The van der Waals surface area contributed by atoms with E-state index in [9.17, 15) is 26.4 Å². The van der Waals surface area contributed by atoms with E-state index in [1.54, 1.807) is 0 Å². The Kier molecular flexibility index (Phi) is 5.31. The number of amides is 1. The number of anilines is 1. The van der Waals surface area contributed by atoms with E-state index in [-0.39, 0.29) is 10.7 Å². The first-order valence-electron chi connectivity index (χ1n) is 6.82. The van der Waals surface area contributed by atoms with Gasteiger partial charge in [0.05, 0.1) is 17.4 Å². The molecule has 0 fully saturated rings. The van der Waals surface area contributed by atoms with Crippen LogP contribution in [-0.2, 0) is 20.8 Å². The van der Waals surface area contributed by atoms with Gasteiger partial charge in [0.2, 0.25) is 0 Å². The maximum absolute atomic E-state index is 12.8. The van der Waals surface area contributed by atoms with E-state index in [1.165, 1.54) is 24.3 Å². The van der Waals surface area contributed by atoms with E-state index in [2.05, 4.69) is 10.3 Å². The number of nitrogens with one attached hydrogen (secondary N) is 1. The lowest BCUT2D eigenvalue weighted by atomic mass is 10.2. The molecule has 134 valence electrons. The third kappa shape index (κ3) is 5.18. The van der Waals surface area contributed by atoms with Crippen LogP contribution in [0.2, 0.25) is 0 Å². The van der Waals surface area contributed by atoms with E-state index in [1.807, 2.05) is 0 Å². The number of benzene rings is 1. The van der Waals surface area contributed by atoms with Crippen LogP contribution in [0.15, 0.2) is 47.6 Å². The number of rotatable bonds is 5. The summed E-state index contributed by atoms with van der Waals surface area (Å²) in [5, 5.41) is 2.18. The molecule has 1 amide bonds. The van der Waals surface area contributed by atoms with E-state index in [4.69, 9.17) is 4.74 Å². The first-order valence-corrected chi connectivity index (χ1v) is 8.71. The van der Waals surface area contributed by atoms with Crippen LogP contribution in [0.3, 0.4) is 0 Å². The van der Waals surface area contributed by atoms with Crippen molar-refractivity contribution >= 4 is 21.4 Å². The highest BCUT2D eigenvalue weighted by molar-refractivity contribution is 7.90. The number of para-hydroxylation sites is 1. The monoisotopic (exact) mass is 374 g/mol. The average Bonchev–Trinajstić information content (AvgIpc) is 2.52. The Bertz CT molecular complexity index is 865. The van der Waals surface area contributed by atoms with Crippen molar-refractivity contribution in [1.82, 2.24) is 4.98 Å². The zero-order chi connectivity index (χ0) is 18.7. The first kappa shape index (κ1) is 18.7. The van der Waals surface area contributed by atoms with Crippen molar-refractivity contribution in [3.05, 3.63) is 48.2 Å². The minimum atomic E-state index is -4.60. The van der Waals surface area contributed by atoms with Crippen LogP contribution in [0.1, 0.15) is 5.56 Å². The summed E-state index contributed by atoms with van der Waals surface area (Å²) < 4.78 is 65.9. The molecule has 1 aromatic carbocycles. The van der Waals surface area contributed by atoms with Crippen LogP contribution < -0.4 is 10.1 Å². The van der Waals surface area contributed by atoms with Gasteiger partial charge in [-0.1, -0.05) is 12.1 Å². The van der Waals surface area contributed by atoms with Gasteiger partial charge in [-0.15, -0.1) is 0 Å². The second-order valence-corrected chi connectivity index (χ2v) is 6.95. The fraction of sp³-hybridized carbons (Fsp3) is 0.200. The van der Waals surface area contributed by atoms with Crippen molar-refractivity contribution in [3.63, 3.8) is 0 Å². The molecule has 10 heteroatoms. The lowest BCUT2D eigenvalue weighted by molar-refractivity contribution is -0.139. The molecule has 0 atom stereocenters. The van der Waals surface area contributed by atoms with Gasteiger partial charge in [0.1, 0.15) is 5.75 Å². The minimum absolute atomic E-state index is 0.166. The van der Waals surface area contributed by atoms with Gasteiger partial charge in [-0.3, -0.25) is 4.79 Å². The number of alkyl halides is 3. The second kappa shape index (κ2) is 7.09. The molecule has 6 nitrogen and oxygen atoms in total. The molecule has 0 spiro atoms. The summed E-state index contributed by atoms with van der Waals surface area (Å²) in [5.41, 5.74) is -0.799. The lowest BCUT2D eigenvalue weighted by Gasteiger charge is -2.13. The molecule has 1 aromatic heterocycles. The molecule has 0 saturated carbocycles. The third-order valence-electron chi connectivity index (χ3n) is 2.95. The summed E-state index contributed by atoms with van der Waals surface area (Å²) in [4.78, 5) is 15.4. The van der Waals surface area contributed by atoms with Crippen LogP contribution in [0.4, 0.5) is 18.9 Å². The molecule has 0 radical (unpaired) electrons. The zero-order valence-corrected chi connectivity index (χ0v) is 13.7. The largest absolute Gasteiger partial charge is 0.483 e. The SMILES string of the molecule is CS(=O)(=O)c1ccc(NC(=O)COc2ccccc2C(F)(F)F)cn1. The number of ether oxygens (including phenoxy) is 1. The molecule has 0 bridgehead atoms. The highest BCUT2D eigenvalue weighted by Gasteiger charge is 2.34. The number of pyridine rings is 1. The fourth-order valence-corrected chi connectivity index (χ4v) is 2.40. The summed E-state index contributed by atoms with van der Waals surface area (Å²) in [6.07, 6.45) is -2.49. The summed E-state index contributed by atoms with van der Waals surface area (Å²) in [7, 11) is -3.47. The van der Waals surface area contributed by atoms with Crippen LogP contribution in [0.5, 0.6) is 5.75 Å². The van der Waals surface area contributed by atoms with Crippen molar-refractivity contribution in [1.29, 1.82) is 0 Å². The number of aromatic nitrogens is 1. The molecule has 2 rings (SSSR count). The van der Waals surface area contributed by atoms with Crippen LogP contribution >= 0.6 is 0 Å². The number of hydrogen-bond donors (Lipinski definition) is 1. The zero-order valence-electron chi connectivity index (χ0n) is 12.9. The average molecular weight is 374 g/mol. The number of carbonyl (C=O) groups excluding carboxylic acids is 1. The minimum Gasteiger partial charge on any atom is -0.483 e. The van der Waals surface area contributed by atoms with Gasteiger partial charge in [0, 0.05) is 6.26 Å². The lowest BCUT2D eigenvalue weighted by Crippen LogP contribution is -2.21. The highest BCUT2D eigenvalue weighted by Crippen LogP contribution is 2.35. The predicted molar refractivity (Wildman–Crippen MR) is 82.9 cm³/mol. The smallest absolute Gasteiger partial charge is 0.419 e. The standard InChI is InChI=1S/C15H13F3N2O4S/c1-25(22,23)14-7-6-10(8-19-14)20-13(21)9-24-12-5-3-2-4-11(12)15(16,17)18/h2-8H,9H2,1H3,(H,20,21). The molecule has 0 aliphatic rings. The molecule has 0 unspecified atom stereocenters. The Morgan fingerprint density at radius 1 is 1.20 bits per heavy atom. The Labute approximate surface area is 141 Å². The maximum Gasteiger partial charge on any atom is 0.419 e. The van der Waals surface area contributed by atoms with Gasteiger partial charge in [0.25, 0.3) is 5.91 Å². The molecule has 25 heavy (non-hydrogen) atoms. The molecular formula is C15H13F3N2O4S. The Morgan fingerprint density at radius 2 is 1.88 bits per heavy atom. The van der Waals surface area contributed by atoms with E-state index in [0.29, 0.717) is 0 Å². The topological polar surface area (TPSA) is 85.4 Å². The van der Waals surface area contributed by atoms with Crippen molar-refractivity contribution in [2.75, 3.05) is 18.2 Å². The second-order valence-electron chi connectivity index (χ2n) is 4.99. The Balaban J connectivity index is 2.00. The normalized spacial score (nSPS) is 11.8. The van der Waals surface area contributed by atoms with E-state index >= 15 is 0 Å². The van der Waals surface area contributed by atoms with Crippen LogP contribution in [0, 0.1) is 0 Å². The molecule has 0 aliphatic heterocycles. The van der Waals surface area contributed by atoms with Gasteiger partial charge in [-0.25, -0.2) is 13.4 Å². The van der Waals surface area contributed by atoms with E-state index in [0.717, 1.165) is 24.6 Å². The highest BCUT2D eigenvalue weighted by atomic mass is 32.2. The molecule has 2 aromatic rings. The molecular weight excluding hydrogens is 361 g/mol. The number of hydrogen-bond acceptors (Lipinski definition) is 5. The van der Waals surface area contributed by atoms with Gasteiger partial charge in [0.15, 0.2) is 21.5 Å². The van der Waals surface area contributed by atoms with Gasteiger partial charge in [-0.2, -0.15) is 13.2 Å². The summed E-state index contributed by atoms with van der Waals surface area (Å²) in [6.45, 7) is -0.652. The molecule has 1 N–H and O–H groups in total. The maximum atomic E-state index is 12.8. The van der Waals surface area contributed by atoms with Crippen molar-refractivity contribution in [2.24, 2.45) is 0 Å². The molecule has 1 heterocycles. The molecule has 0 saturated heterocycles. The van der Waals surface area contributed by atoms with E-state index < -0.39 is 39.8 Å². The van der Waals surface area contributed by atoms with Crippen LogP contribution in [0.25, 0.3) is 0 Å². The fourth-order valence-electron chi connectivity index (χ4n) is 1.84. The Morgan fingerprint density at radius 3 is 2.44 bits per heavy atom. The van der Waals surface area contributed by atoms with Crippen LogP contribution in [-0.4, -0.2) is 32.2 Å². The van der Waals surface area contributed by atoms with Crippen molar-refractivity contribution in [3.8, 4) is 5.75 Å².